The van der Waals surface area contributed by atoms with Crippen molar-refractivity contribution >= 4 is 11.8 Å². The standard InChI is InChI=1S/C18H23N3O3/c22-16-7-3-9-20(16)15-12-21(14-6-4-10-24-18(14)15)17(23)11-13-5-1-2-8-19-13/h1-2,5,8,14-15,18H,3-4,6-7,9-12H2/t14-,15-,18+/m1/s1. The second kappa shape index (κ2) is 6.51. The fourth-order valence-electron chi connectivity index (χ4n) is 4.27. The summed E-state index contributed by atoms with van der Waals surface area (Å²) in [5, 5.41) is 0. The highest BCUT2D eigenvalue weighted by atomic mass is 16.5. The molecule has 0 N–H and O–H groups in total. The van der Waals surface area contributed by atoms with E-state index in [0.717, 1.165) is 38.1 Å². The molecule has 128 valence electrons. The average Bonchev–Trinajstić information content (AvgIpc) is 3.19. The van der Waals surface area contributed by atoms with Gasteiger partial charge in [-0.25, -0.2) is 0 Å². The SMILES string of the molecule is O=C1CCCN1[C@@H]1CN(C(=O)Cc2ccccn2)[C@@H]2CCCO[C@H]12. The lowest BCUT2D eigenvalue weighted by Gasteiger charge is -2.34. The van der Waals surface area contributed by atoms with Crippen molar-refractivity contribution < 1.29 is 14.3 Å². The van der Waals surface area contributed by atoms with E-state index in [4.69, 9.17) is 4.74 Å². The van der Waals surface area contributed by atoms with E-state index in [0.29, 0.717) is 19.4 Å². The Morgan fingerprint density at radius 3 is 2.96 bits per heavy atom. The molecular weight excluding hydrogens is 306 g/mol. The Morgan fingerprint density at radius 2 is 2.21 bits per heavy atom. The Bertz CT molecular complexity index is 621. The van der Waals surface area contributed by atoms with Gasteiger partial charge >= 0.3 is 0 Å². The highest BCUT2D eigenvalue weighted by molar-refractivity contribution is 5.81. The first-order chi connectivity index (χ1) is 11.7. The monoisotopic (exact) mass is 329 g/mol. The number of fused-ring (bicyclic) bond motifs is 1. The second-order valence-corrected chi connectivity index (χ2v) is 6.85. The Labute approximate surface area is 141 Å². The molecule has 24 heavy (non-hydrogen) atoms. The van der Waals surface area contributed by atoms with E-state index in [1.54, 1.807) is 6.20 Å². The number of pyridine rings is 1. The van der Waals surface area contributed by atoms with Gasteiger partial charge in [0.15, 0.2) is 0 Å². The van der Waals surface area contributed by atoms with Crippen molar-refractivity contribution in [3.63, 3.8) is 0 Å². The number of carbonyl (C=O) groups is 2. The topological polar surface area (TPSA) is 62.7 Å². The first-order valence-corrected chi connectivity index (χ1v) is 8.84. The van der Waals surface area contributed by atoms with Gasteiger partial charge in [-0.1, -0.05) is 6.07 Å². The van der Waals surface area contributed by atoms with Gasteiger partial charge in [0.1, 0.15) is 0 Å². The number of likely N-dealkylation sites (tertiary alicyclic amines) is 2. The van der Waals surface area contributed by atoms with E-state index in [9.17, 15) is 9.59 Å². The van der Waals surface area contributed by atoms with Crippen molar-refractivity contribution in [2.45, 2.75) is 50.3 Å². The molecule has 6 heteroatoms. The minimum atomic E-state index is -0.0338. The molecule has 0 aliphatic carbocycles. The number of rotatable bonds is 3. The van der Waals surface area contributed by atoms with Gasteiger partial charge < -0.3 is 14.5 Å². The number of amides is 2. The van der Waals surface area contributed by atoms with Crippen LogP contribution in [0.15, 0.2) is 24.4 Å². The summed E-state index contributed by atoms with van der Waals surface area (Å²) in [6.45, 7) is 2.10. The van der Waals surface area contributed by atoms with Gasteiger partial charge in [-0.3, -0.25) is 14.6 Å². The third-order valence-electron chi connectivity index (χ3n) is 5.39. The molecule has 0 radical (unpaired) electrons. The second-order valence-electron chi connectivity index (χ2n) is 6.85. The maximum absolute atomic E-state index is 12.8. The minimum Gasteiger partial charge on any atom is -0.374 e. The van der Waals surface area contributed by atoms with Gasteiger partial charge in [-0.2, -0.15) is 0 Å². The molecule has 3 atom stereocenters. The van der Waals surface area contributed by atoms with E-state index >= 15 is 0 Å². The number of ether oxygens (including phenoxy) is 1. The van der Waals surface area contributed by atoms with Crippen molar-refractivity contribution in [2.24, 2.45) is 0 Å². The van der Waals surface area contributed by atoms with E-state index in [1.807, 2.05) is 28.0 Å². The van der Waals surface area contributed by atoms with Crippen molar-refractivity contribution in [3.8, 4) is 0 Å². The Kier molecular flexibility index (Phi) is 4.22. The van der Waals surface area contributed by atoms with Gasteiger partial charge in [-0.15, -0.1) is 0 Å². The predicted octanol–water partition coefficient (Wildman–Crippen LogP) is 1.00. The van der Waals surface area contributed by atoms with Crippen LogP contribution in [0.3, 0.4) is 0 Å². The van der Waals surface area contributed by atoms with Gasteiger partial charge in [0.25, 0.3) is 0 Å². The van der Waals surface area contributed by atoms with E-state index in [-0.39, 0.29) is 30.0 Å². The third kappa shape index (κ3) is 2.79. The van der Waals surface area contributed by atoms with Gasteiger partial charge in [0.2, 0.25) is 11.8 Å². The molecule has 3 saturated heterocycles. The molecular formula is C18H23N3O3. The van der Waals surface area contributed by atoms with Gasteiger partial charge in [0, 0.05) is 38.0 Å². The van der Waals surface area contributed by atoms with Gasteiger partial charge in [-0.05, 0) is 31.4 Å². The summed E-state index contributed by atoms with van der Waals surface area (Å²) in [5.74, 6) is 0.287. The van der Waals surface area contributed by atoms with Crippen molar-refractivity contribution in [1.29, 1.82) is 0 Å². The quantitative estimate of drug-likeness (QED) is 0.830. The third-order valence-corrected chi connectivity index (χ3v) is 5.39. The number of carbonyl (C=O) groups excluding carboxylic acids is 2. The Morgan fingerprint density at radius 1 is 1.29 bits per heavy atom. The predicted molar refractivity (Wildman–Crippen MR) is 87.2 cm³/mol. The highest BCUT2D eigenvalue weighted by Gasteiger charge is 2.49. The highest BCUT2D eigenvalue weighted by Crippen LogP contribution is 2.33. The average molecular weight is 329 g/mol. The molecule has 0 aromatic carbocycles. The van der Waals surface area contributed by atoms with Crippen LogP contribution in [0.25, 0.3) is 0 Å². The van der Waals surface area contributed by atoms with Crippen LogP contribution in [0.2, 0.25) is 0 Å². The smallest absolute Gasteiger partial charge is 0.229 e. The zero-order chi connectivity index (χ0) is 16.5. The summed E-state index contributed by atoms with van der Waals surface area (Å²) >= 11 is 0. The first-order valence-electron chi connectivity index (χ1n) is 8.84. The normalized spacial score (nSPS) is 29.8. The maximum Gasteiger partial charge on any atom is 0.229 e. The largest absolute Gasteiger partial charge is 0.374 e. The number of hydrogen-bond acceptors (Lipinski definition) is 4. The van der Waals surface area contributed by atoms with Crippen molar-refractivity contribution in [2.75, 3.05) is 19.7 Å². The van der Waals surface area contributed by atoms with E-state index in [2.05, 4.69) is 4.98 Å². The van der Waals surface area contributed by atoms with Crippen LogP contribution in [0.1, 0.15) is 31.4 Å². The number of aromatic nitrogens is 1. The molecule has 0 bridgehead atoms. The fourth-order valence-corrected chi connectivity index (χ4v) is 4.27. The number of nitrogens with zero attached hydrogens (tertiary/aromatic N) is 3. The molecule has 4 rings (SSSR count). The molecule has 0 saturated carbocycles. The molecule has 3 fully saturated rings. The summed E-state index contributed by atoms with van der Waals surface area (Å²) in [6.07, 6.45) is 5.44. The van der Waals surface area contributed by atoms with Crippen molar-refractivity contribution in [1.82, 2.24) is 14.8 Å². The lowest BCUT2D eigenvalue weighted by atomic mass is 10.00. The zero-order valence-electron chi connectivity index (χ0n) is 13.8. The fraction of sp³-hybridized carbons (Fsp3) is 0.611. The molecule has 0 unspecified atom stereocenters. The summed E-state index contributed by atoms with van der Waals surface area (Å²) < 4.78 is 6.00. The summed E-state index contributed by atoms with van der Waals surface area (Å²) in [7, 11) is 0. The van der Waals surface area contributed by atoms with Crippen LogP contribution in [0.5, 0.6) is 0 Å². The summed E-state index contributed by atoms with van der Waals surface area (Å²) in [6, 6.07) is 5.73. The van der Waals surface area contributed by atoms with Crippen LogP contribution in [0, 0.1) is 0 Å². The van der Waals surface area contributed by atoms with Crippen LogP contribution >= 0.6 is 0 Å². The Balaban J connectivity index is 1.52. The molecule has 1 aromatic heterocycles. The lowest BCUT2D eigenvalue weighted by Crippen LogP contribution is -2.48. The molecule has 2 amide bonds. The summed E-state index contributed by atoms with van der Waals surface area (Å²) in [4.78, 5) is 33.1. The molecule has 4 heterocycles. The minimum absolute atomic E-state index is 0.0120. The van der Waals surface area contributed by atoms with E-state index < -0.39 is 0 Å². The molecule has 3 aliphatic heterocycles. The molecule has 3 aliphatic rings. The van der Waals surface area contributed by atoms with Crippen LogP contribution in [0.4, 0.5) is 0 Å². The first kappa shape index (κ1) is 15.6. The van der Waals surface area contributed by atoms with Gasteiger partial charge in [0.05, 0.1) is 24.6 Å². The number of hydrogen-bond donors (Lipinski definition) is 0. The molecule has 6 nitrogen and oxygen atoms in total. The van der Waals surface area contributed by atoms with Crippen LogP contribution in [-0.4, -0.2) is 64.5 Å². The van der Waals surface area contributed by atoms with E-state index in [1.165, 1.54) is 0 Å². The van der Waals surface area contributed by atoms with Crippen LogP contribution < -0.4 is 0 Å². The Hall–Kier alpha value is -1.95. The van der Waals surface area contributed by atoms with Crippen LogP contribution in [-0.2, 0) is 20.7 Å². The van der Waals surface area contributed by atoms with Crippen molar-refractivity contribution in [3.05, 3.63) is 30.1 Å². The lowest BCUT2D eigenvalue weighted by molar-refractivity contribution is -0.134. The zero-order valence-corrected chi connectivity index (χ0v) is 13.8. The molecule has 1 aromatic rings. The maximum atomic E-state index is 12.8. The molecule has 0 spiro atoms. The summed E-state index contributed by atoms with van der Waals surface area (Å²) in [5.41, 5.74) is 0.788.